The molecule has 0 bridgehead atoms. The van der Waals surface area contributed by atoms with E-state index >= 15 is 0 Å². The van der Waals surface area contributed by atoms with Crippen LogP contribution in [-0.4, -0.2) is 59.3 Å². The van der Waals surface area contributed by atoms with Crippen LogP contribution in [0.2, 0.25) is 0 Å². The van der Waals surface area contributed by atoms with Crippen LogP contribution in [0.4, 0.5) is 5.82 Å². The molecule has 3 heterocycles. The van der Waals surface area contributed by atoms with Gasteiger partial charge < -0.3 is 15.0 Å². The number of nitrogens with one attached hydrogen (secondary N) is 1. The van der Waals surface area contributed by atoms with Gasteiger partial charge in [0.15, 0.2) is 0 Å². The van der Waals surface area contributed by atoms with Gasteiger partial charge in [0, 0.05) is 37.2 Å². The molecule has 1 aromatic carbocycles. The molecule has 1 aromatic heterocycles. The van der Waals surface area contributed by atoms with Crippen molar-refractivity contribution in [2.24, 2.45) is 0 Å². The van der Waals surface area contributed by atoms with E-state index in [1.807, 2.05) is 31.2 Å². The average Bonchev–Trinajstić information content (AvgIpc) is 3.39. The van der Waals surface area contributed by atoms with Crippen LogP contribution in [0, 0.1) is 6.92 Å². The van der Waals surface area contributed by atoms with Gasteiger partial charge in [-0.25, -0.2) is 9.97 Å². The first-order chi connectivity index (χ1) is 15.4. The number of carbonyl (C=O) groups is 3. The van der Waals surface area contributed by atoms with Gasteiger partial charge >= 0.3 is 0 Å². The highest BCUT2D eigenvalue weighted by Gasteiger charge is 2.34. The summed E-state index contributed by atoms with van der Waals surface area (Å²) in [6.45, 7) is 4.82. The van der Waals surface area contributed by atoms with E-state index in [0.717, 1.165) is 29.0 Å². The third-order valence-electron chi connectivity index (χ3n) is 5.99. The van der Waals surface area contributed by atoms with Gasteiger partial charge in [-0.05, 0) is 31.0 Å². The second-order valence-electron chi connectivity index (χ2n) is 8.21. The molecule has 0 radical (unpaired) electrons. The highest BCUT2D eigenvalue weighted by Crippen LogP contribution is 2.33. The number of amides is 3. The average molecular weight is 438 g/mol. The van der Waals surface area contributed by atoms with Crippen LogP contribution in [0.3, 0.4) is 0 Å². The molecule has 0 aliphatic carbocycles. The summed E-state index contributed by atoms with van der Waals surface area (Å²) in [5.41, 5.74) is 2.66. The number of aromatic nitrogens is 2. The molecule has 1 saturated heterocycles. The van der Waals surface area contributed by atoms with E-state index in [9.17, 15) is 14.4 Å². The Hall–Kier alpha value is -3.49. The van der Waals surface area contributed by atoms with Crippen LogP contribution in [-0.2, 0) is 27.3 Å². The summed E-state index contributed by atoms with van der Waals surface area (Å²) in [5.74, 6) is 1.75. The normalized spacial score (nSPS) is 17.5. The molecule has 1 atom stereocenters. The number of methoxy groups -OCH3 is 1. The Morgan fingerprint density at radius 3 is 2.66 bits per heavy atom. The maximum Gasteiger partial charge on any atom is 0.241 e. The van der Waals surface area contributed by atoms with Crippen molar-refractivity contribution in [1.82, 2.24) is 20.2 Å². The first-order valence-corrected chi connectivity index (χ1v) is 10.7. The van der Waals surface area contributed by atoms with Crippen molar-refractivity contribution in [2.75, 3.05) is 31.6 Å². The largest absolute Gasteiger partial charge is 0.497 e. The van der Waals surface area contributed by atoms with Crippen molar-refractivity contribution in [1.29, 1.82) is 0 Å². The fraction of sp³-hybridized carbons (Fsp3) is 0.435. The summed E-state index contributed by atoms with van der Waals surface area (Å²) in [7, 11) is 1.62. The lowest BCUT2D eigenvalue weighted by Gasteiger charge is -2.19. The van der Waals surface area contributed by atoms with Gasteiger partial charge in [-0.2, -0.15) is 0 Å². The summed E-state index contributed by atoms with van der Waals surface area (Å²) >= 11 is 0. The minimum Gasteiger partial charge on any atom is -0.497 e. The van der Waals surface area contributed by atoms with Crippen molar-refractivity contribution >= 4 is 23.5 Å². The molecule has 1 N–H and O–H groups in total. The maximum absolute atomic E-state index is 12.8. The predicted molar refractivity (Wildman–Crippen MR) is 117 cm³/mol. The summed E-state index contributed by atoms with van der Waals surface area (Å²) in [5, 5.41) is 2.55. The monoisotopic (exact) mass is 437 g/mol. The van der Waals surface area contributed by atoms with Crippen molar-refractivity contribution < 1.29 is 19.1 Å². The quantitative estimate of drug-likeness (QED) is 0.731. The second kappa shape index (κ2) is 8.94. The molecule has 32 heavy (non-hydrogen) atoms. The number of nitrogens with zero attached hydrogens (tertiary/aromatic N) is 4. The molecule has 2 aromatic rings. The fourth-order valence-corrected chi connectivity index (χ4v) is 4.17. The molecular formula is C23H27N5O4. The molecule has 0 spiro atoms. The number of rotatable bonds is 6. The number of likely N-dealkylation sites (tertiary alicyclic amines) is 1. The molecule has 2 aliphatic heterocycles. The van der Waals surface area contributed by atoms with E-state index in [0.29, 0.717) is 37.7 Å². The molecule has 1 fully saturated rings. The number of anilines is 1. The van der Waals surface area contributed by atoms with E-state index in [1.165, 1.54) is 6.92 Å². The van der Waals surface area contributed by atoms with Crippen LogP contribution in [0.15, 0.2) is 24.3 Å². The van der Waals surface area contributed by atoms with Gasteiger partial charge in [0.1, 0.15) is 17.4 Å². The molecule has 9 nitrogen and oxygen atoms in total. The Kier molecular flexibility index (Phi) is 6.07. The minimum atomic E-state index is -0.228. The lowest BCUT2D eigenvalue weighted by molar-refractivity contribution is -0.131. The van der Waals surface area contributed by atoms with Crippen LogP contribution in [0.5, 0.6) is 5.75 Å². The standard InChI is InChI=1S/C23H27N5O4/c1-14-19-10-20(30)28(12-16-4-6-18(32-3)7-5-16)23(19)26-22(25-14)17-8-9-27(13-17)21(31)11-24-15(2)29/h4-7,17H,8-13H2,1-3H3,(H,24,29)/t17-/m0/s1. The second-order valence-corrected chi connectivity index (χ2v) is 8.21. The molecule has 0 unspecified atom stereocenters. The summed E-state index contributed by atoms with van der Waals surface area (Å²) in [6.07, 6.45) is 1.04. The predicted octanol–water partition coefficient (Wildman–Crippen LogP) is 1.33. The van der Waals surface area contributed by atoms with Crippen LogP contribution in [0.25, 0.3) is 0 Å². The Morgan fingerprint density at radius 1 is 1.22 bits per heavy atom. The molecule has 9 heteroatoms. The third-order valence-corrected chi connectivity index (χ3v) is 5.99. The lowest BCUT2D eigenvalue weighted by Crippen LogP contribution is -2.38. The highest BCUT2D eigenvalue weighted by molar-refractivity contribution is 6.00. The lowest BCUT2D eigenvalue weighted by atomic mass is 10.1. The SMILES string of the molecule is COc1ccc(CN2C(=O)Cc3c(C)nc([C@H]4CCN(C(=O)CNC(C)=O)C4)nc32)cc1. The summed E-state index contributed by atoms with van der Waals surface area (Å²) in [6, 6.07) is 7.63. The van der Waals surface area contributed by atoms with Crippen LogP contribution in [0.1, 0.15) is 41.9 Å². The maximum atomic E-state index is 12.8. The number of hydrogen-bond donors (Lipinski definition) is 1. The van der Waals surface area contributed by atoms with Crippen molar-refractivity contribution in [3.8, 4) is 5.75 Å². The molecule has 3 amide bonds. The zero-order chi connectivity index (χ0) is 22.8. The van der Waals surface area contributed by atoms with Gasteiger partial charge in [0.25, 0.3) is 0 Å². The van der Waals surface area contributed by atoms with Crippen LogP contribution < -0.4 is 15.0 Å². The van der Waals surface area contributed by atoms with E-state index in [-0.39, 0.29) is 30.2 Å². The third kappa shape index (κ3) is 4.42. The first-order valence-electron chi connectivity index (χ1n) is 10.7. The zero-order valence-corrected chi connectivity index (χ0v) is 18.6. The number of hydrogen-bond acceptors (Lipinski definition) is 6. The Morgan fingerprint density at radius 2 is 1.97 bits per heavy atom. The first kappa shape index (κ1) is 21.7. The number of aryl methyl sites for hydroxylation is 1. The summed E-state index contributed by atoms with van der Waals surface area (Å²) in [4.78, 5) is 49.1. The van der Waals surface area contributed by atoms with Gasteiger partial charge in [0.2, 0.25) is 17.7 Å². The number of carbonyl (C=O) groups excluding carboxylic acids is 3. The molecule has 0 saturated carbocycles. The Labute approximate surface area is 186 Å². The van der Waals surface area contributed by atoms with Crippen molar-refractivity contribution in [3.63, 3.8) is 0 Å². The number of benzene rings is 1. The van der Waals surface area contributed by atoms with Gasteiger partial charge in [-0.15, -0.1) is 0 Å². The van der Waals surface area contributed by atoms with Gasteiger partial charge in [-0.1, -0.05) is 12.1 Å². The number of ether oxygens (including phenoxy) is 1. The highest BCUT2D eigenvalue weighted by atomic mass is 16.5. The van der Waals surface area contributed by atoms with Gasteiger partial charge in [-0.3, -0.25) is 19.3 Å². The van der Waals surface area contributed by atoms with Crippen molar-refractivity contribution in [2.45, 2.75) is 39.2 Å². The minimum absolute atomic E-state index is 0.00110. The van der Waals surface area contributed by atoms with E-state index in [1.54, 1.807) is 16.9 Å². The summed E-state index contributed by atoms with van der Waals surface area (Å²) < 4.78 is 5.21. The smallest absolute Gasteiger partial charge is 0.241 e. The van der Waals surface area contributed by atoms with E-state index < -0.39 is 0 Å². The van der Waals surface area contributed by atoms with Crippen molar-refractivity contribution in [3.05, 3.63) is 46.9 Å². The Bertz CT molecular complexity index is 1050. The zero-order valence-electron chi connectivity index (χ0n) is 18.6. The topological polar surface area (TPSA) is 105 Å². The van der Waals surface area contributed by atoms with Gasteiger partial charge in [0.05, 0.1) is 26.6 Å². The number of fused-ring (bicyclic) bond motifs is 1. The van der Waals surface area contributed by atoms with E-state index in [4.69, 9.17) is 9.72 Å². The molecule has 4 rings (SSSR count). The molecular weight excluding hydrogens is 410 g/mol. The fourth-order valence-electron chi connectivity index (χ4n) is 4.17. The molecule has 2 aliphatic rings. The Balaban J connectivity index is 1.52. The molecule has 168 valence electrons. The van der Waals surface area contributed by atoms with E-state index in [2.05, 4.69) is 10.3 Å². The van der Waals surface area contributed by atoms with Crippen LogP contribution >= 0.6 is 0 Å².